The van der Waals surface area contributed by atoms with Crippen LogP contribution in [0.25, 0.3) is 11.1 Å². The molecule has 0 saturated heterocycles. The molecule has 4 rings (SSSR count). The van der Waals surface area contributed by atoms with Crippen LogP contribution in [-0.4, -0.2) is 35.7 Å². The first-order valence-electron chi connectivity index (χ1n) is 11.1. The van der Waals surface area contributed by atoms with Gasteiger partial charge in [-0.2, -0.15) is 0 Å². The van der Waals surface area contributed by atoms with E-state index in [0.29, 0.717) is 11.3 Å². The second-order valence-electron chi connectivity index (χ2n) is 8.56. The molecule has 0 unspecified atom stereocenters. The maximum Gasteiger partial charge on any atom is 0.411 e. The van der Waals surface area contributed by atoms with Gasteiger partial charge < -0.3 is 15.2 Å². The fourth-order valence-corrected chi connectivity index (χ4v) is 4.20. The number of amides is 2. The first-order chi connectivity index (χ1) is 16.3. The SMILES string of the molecule is CC(C)[C@@H](NC(=O)c1ccc(NC(=O)OCC2c3ccccc3-c3ccccc32)cc1)C(=O)O. The highest BCUT2D eigenvalue weighted by molar-refractivity contribution is 5.97. The van der Waals surface area contributed by atoms with Crippen LogP contribution >= 0.6 is 0 Å². The molecule has 0 radical (unpaired) electrons. The Morgan fingerprint density at radius 3 is 1.97 bits per heavy atom. The second kappa shape index (κ2) is 9.79. The number of nitrogens with one attached hydrogen (secondary N) is 2. The van der Waals surface area contributed by atoms with Crippen molar-refractivity contribution in [1.29, 1.82) is 0 Å². The lowest BCUT2D eigenvalue weighted by molar-refractivity contribution is -0.140. The molecule has 7 heteroatoms. The molecule has 3 N–H and O–H groups in total. The summed E-state index contributed by atoms with van der Waals surface area (Å²) < 4.78 is 5.53. The summed E-state index contributed by atoms with van der Waals surface area (Å²) in [4.78, 5) is 36.1. The zero-order valence-corrected chi connectivity index (χ0v) is 18.9. The van der Waals surface area contributed by atoms with Gasteiger partial charge in [-0.1, -0.05) is 62.4 Å². The van der Waals surface area contributed by atoms with Crippen molar-refractivity contribution < 1.29 is 24.2 Å². The number of fused-ring (bicyclic) bond motifs is 3. The number of carboxylic acids is 1. The van der Waals surface area contributed by atoms with Crippen LogP contribution in [0, 0.1) is 5.92 Å². The van der Waals surface area contributed by atoms with Crippen LogP contribution in [0.2, 0.25) is 0 Å². The number of anilines is 1. The zero-order chi connectivity index (χ0) is 24.2. The number of carboxylic acid groups (broad SMARTS) is 1. The number of carbonyl (C=O) groups is 3. The average molecular weight is 459 g/mol. The third-order valence-corrected chi connectivity index (χ3v) is 5.96. The normalized spacial score (nSPS) is 13.0. The Morgan fingerprint density at radius 2 is 1.44 bits per heavy atom. The fraction of sp³-hybridized carbons (Fsp3) is 0.222. The van der Waals surface area contributed by atoms with Gasteiger partial charge >= 0.3 is 12.1 Å². The van der Waals surface area contributed by atoms with Crippen LogP contribution < -0.4 is 10.6 Å². The molecule has 1 atom stereocenters. The monoisotopic (exact) mass is 458 g/mol. The highest BCUT2D eigenvalue weighted by atomic mass is 16.5. The van der Waals surface area contributed by atoms with E-state index in [-0.39, 0.29) is 18.4 Å². The predicted octanol–water partition coefficient (Wildman–Crippen LogP) is 4.89. The van der Waals surface area contributed by atoms with Gasteiger partial charge in [-0.05, 0) is 52.4 Å². The van der Waals surface area contributed by atoms with Gasteiger partial charge in [-0.15, -0.1) is 0 Å². The highest BCUT2D eigenvalue weighted by Crippen LogP contribution is 2.44. The molecule has 34 heavy (non-hydrogen) atoms. The molecule has 1 aliphatic carbocycles. The van der Waals surface area contributed by atoms with E-state index in [2.05, 4.69) is 34.9 Å². The zero-order valence-electron chi connectivity index (χ0n) is 18.9. The van der Waals surface area contributed by atoms with Crippen LogP contribution in [0.4, 0.5) is 10.5 Å². The number of hydrogen-bond acceptors (Lipinski definition) is 4. The lowest BCUT2D eigenvalue weighted by Crippen LogP contribution is -2.44. The summed E-state index contributed by atoms with van der Waals surface area (Å²) >= 11 is 0. The van der Waals surface area contributed by atoms with E-state index in [1.54, 1.807) is 26.0 Å². The van der Waals surface area contributed by atoms with Crippen LogP contribution in [0.3, 0.4) is 0 Å². The van der Waals surface area contributed by atoms with Gasteiger partial charge in [0.25, 0.3) is 5.91 Å². The van der Waals surface area contributed by atoms with E-state index >= 15 is 0 Å². The third kappa shape index (κ3) is 4.78. The summed E-state index contributed by atoms with van der Waals surface area (Å²) in [7, 11) is 0. The Bertz CT molecular complexity index is 1170. The van der Waals surface area contributed by atoms with Crippen LogP contribution in [0.5, 0.6) is 0 Å². The molecule has 7 nitrogen and oxygen atoms in total. The van der Waals surface area contributed by atoms with Crippen molar-refractivity contribution in [3.63, 3.8) is 0 Å². The smallest absolute Gasteiger partial charge is 0.411 e. The summed E-state index contributed by atoms with van der Waals surface area (Å²) in [6, 6.07) is 21.4. The van der Waals surface area contributed by atoms with Crippen molar-refractivity contribution in [2.24, 2.45) is 5.92 Å². The van der Waals surface area contributed by atoms with Crippen molar-refractivity contribution in [3.8, 4) is 11.1 Å². The first-order valence-corrected chi connectivity index (χ1v) is 11.1. The van der Waals surface area contributed by atoms with Gasteiger partial charge in [0, 0.05) is 17.2 Å². The molecule has 1 aliphatic rings. The van der Waals surface area contributed by atoms with E-state index in [1.165, 1.54) is 12.1 Å². The van der Waals surface area contributed by atoms with E-state index in [4.69, 9.17) is 4.74 Å². The van der Waals surface area contributed by atoms with E-state index in [0.717, 1.165) is 22.3 Å². The summed E-state index contributed by atoms with van der Waals surface area (Å²) in [5, 5.41) is 14.4. The molecule has 174 valence electrons. The Morgan fingerprint density at radius 1 is 0.882 bits per heavy atom. The molecule has 0 bridgehead atoms. The fourth-order valence-electron chi connectivity index (χ4n) is 4.20. The Kier molecular flexibility index (Phi) is 6.63. The number of benzene rings is 3. The van der Waals surface area contributed by atoms with Gasteiger partial charge in [0.1, 0.15) is 12.6 Å². The minimum absolute atomic E-state index is 0.0349. The molecule has 3 aromatic carbocycles. The van der Waals surface area contributed by atoms with Crippen molar-refractivity contribution in [3.05, 3.63) is 89.5 Å². The lowest BCUT2D eigenvalue weighted by Gasteiger charge is -2.18. The van der Waals surface area contributed by atoms with Crippen molar-refractivity contribution >= 4 is 23.7 Å². The number of hydrogen-bond donors (Lipinski definition) is 3. The van der Waals surface area contributed by atoms with E-state index < -0.39 is 24.0 Å². The summed E-state index contributed by atoms with van der Waals surface area (Å²) in [5.74, 6) is -1.87. The molecule has 3 aromatic rings. The van der Waals surface area contributed by atoms with Crippen LogP contribution in [0.1, 0.15) is 41.3 Å². The molecular formula is C27H26N2O5. The second-order valence-corrected chi connectivity index (χ2v) is 8.56. The van der Waals surface area contributed by atoms with Crippen molar-refractivity contribution in [2.45, 2.75) is 25.8 Å². The number of rotatable bonds is 7. The Hall–Kier alpha value is -4.13. The highest BCUT2D eigenvalue weighted by Gasteiger charge is 2.29. The number of aliphatic carboxylic acids is 1. The summed E-state index contributed by atoms with van der Waals surface area (Å²) in [6.07, 6.45) is -0.593. The predicted molar refractivity (Wildman–Crippen MR) is 129 cm³/mol. The van der Waals surface area contributed by atoms with Crippen molar-refractivity contribution in [2.75, 3.05) is 11.9 Å². The topological polar surface area (TPSA) is 105 Å². The molecule has 0 saturated carbocycles. The van der Waals surface area contributed by atoms with Gasteiger partial charge in [0.2, 0.25) is 0 Å². The lowest BCUT2D eigenvalue weighted by atomic mass is 9.98. The van der Waals surface area contributed by atoms with Gasteiger partial charge in [0.15, 0.2) is 0 Å². The molecule has 0 spiro atoms. The van der Waals surface area contributed by atoms with Crippen LogP contribution in [-0.2, 0) is 9.53 Å². The largest absolute Gasteiger partial charge is 0.480 e. The Balaban J connectivity index is 1.36. The Labute approximate surface area is 197 Å². The summed E-state index contributed by atoms with van der Waals surface area (Å²) in [6.45, 7) is 3.65. The van der Waals surface area contributed by atoms with E-state index in [9.17, 15) is 19.5 Å². The quantitative estimate of drug-likeness (QED) is 0.468. The average Bonchev–Trinajstić information content (AvgIpc) is 3.15. The van der Waals surface area contributed by atoms with E-state index in [1.807, 2.05) is 24.3 Å². The standard InChI is InChI=1S/C27H26N2O5/c1-16(2)24(26(31)32)29-25(30)17-11-13-18(14-12-17)28-27(33)34-15-23-21-9-5-3-7-19(21)20-8-4-6-10-22(20)23/h3-14,16,23-24H,15H2,1-2H3,(H,28,33)(H,29,30)(H,31,32)/t24-/m1/s1. The van der Waals surface area contributed by atoms with Gasteiger partial charge in [-0.25, -0.2) is 9.59 Å². The molecular weight excluding hydrogens is 432 g/mol. The number of ether oxygens (including phenoxy) is 1. The van der Waals surface area contributed by atoms with Gasteiger partial charge in [-0.3, -0.25) is 10.1 Å². The van der Waals surface area contributed by atoms with Gasteiger partial charge in [0.05, 0.1) is 0 Å². The molecule has 2 amide bonds. The maximum atomic E-state index is 12.4. The minimum atomic E-state index is -1.09. The molecule has 0 aromatic heterocycles. The molecule has 0 heterocycles. The van der Waals surface area contributed by atoms with Crippen LogP contribution in [0.15, 0.2) is 72.8 Å². The maximum absolute atomic E-state index is 12.4. The molecule has 0 aliphatic heterocycles. The third-order valence-electron chi connectivity index (χ3n) is 5.96. The number of carbonyl (C=O) groups excluding carboxylic acids is 2. The summed E-state index contributed by atoms with van der Waals surface area (Å²) in [5.41, 5.74) is 5.34. The first kappa shape index (κ1) is 23.0. The van der Waals surface area contributed by atoms with Crippen molar-refractivity contribution in [1.82, 2.24) is 5.32 Å². The minimum Gasteiger partial charge on any atom is -0.480 e. The molecule has 0 fully saturated rings.